The first-order valence-electron chi connectivity index (χ1n) is 7.82. The second-order valence-corrected chi connectivity index (χ2v) is 5.24. The predicted octanol–water partition coefficient (Wildman–Crippen LogP) is 2.12. The number of hydrogen-bond donors (Lipinski definition) is 2. The van der Waals surface area contributed by atoms with Gasteiger partial charge in [0.25, 0.3) is 5.91 Å². The molecule has 0 atom stereocenters. The summed E-state index contributed by atoms with van der Waals surface area (Å²) in [4.78, 5) is 16.1. The second-order valence-electron chi connectivity index (χ2n) is 5.24. The van der Waals surface area contributed by atoms with E-state index >= 15 is 0 Å². The summed E-state index contributed by atoms with van der Waals surface area (Å²) in [6.07, 6.45) is 4.13. The number of nitrogens with one attached hydrogen (secondary N) is 2. The molecule has 0 saturated heterocycles. The summed E-state index contributed by atoms with van der Waals surface area (Å²) in [5.41, 5.74) is 2.56. The van der Waals surface area contributed by atoms with Crippen LogP contribution in [0.3, 0.4) is 0 Å². The summed E-state index contributed by atoms with van der Waals surface area (Å²) in [7, 11) is 3.25. The van der Waals surface area contributed by atoms with Crippen molar-refractivity contribution in [3.63, 3.8) is 0 Å². The van der Waals surface area contributed by atoms with Gasteiger partial charge in [0, 0.05) is 32.6 Å². The Bertz CT molecular complexity index is 644. The van der Waals surface area contributed by atoms with Crippen LogP contribution in [0.5, 0.6) is 5.75 Å². The fraction of sp³-hybridized carbons (Fsp3) is 0.333. The van der Waals surface area contributed by atoms with Crippen LogP contribution < -0.4 is 15.4 Å². The SMILES string of the molecule is COCCNC(=O)c1cncc(NCCc2ccc(OC)cc2)c1. The number of aromatic nitrogens is 1. The lowest BCUT2D eigenvalue weighted by molar-refractivity contribution is 0.0937. The van der Waals surface area contributed by atoms with Crippen molar-refractivity contribution >= 4 is 11.6 Å². The number of anilines is 1. The average Bonchev–Trinajstić information content (AvgIpc) is 2.63. The van der Waals surface area contributed by atoms with Crippen molar-refractivity contribution in [3.8, 4) is 5.75 Å². The average molecular weight is 329 g/mol. The monoisotopic (exact) mass is 329 g/mol. The van der Waals surface area contributed by atoms with E-state index in [2.05, 4.69) is 15.6 Å². The standard InChI is InChI=1S/C18H23N3O3/c1-23-10-9-21-18(22)15-11-16(13-19-12-15)20-8-7-14-3-5-17(24-2)6-4-14/h3-6,11-13,20H,7-10H2,1-2H3,(H,21,22). The maximum Gasteiger partial charge on any atom is 0.253 e. The van der Waals surface area contributed by atoms with Crippen molar-refractivity contribution in [3.05, 3.63) is 53.9 Å². The van der Waals surface area contributed by atoms with E-state index < -0.39 is 0 Å². The molecule has 6 nitrogen and oxygen atoms in total. The first-order valence-corrected chi connectivity index (χ1v) is 7.82. The van der Waals surface area contributed by atoms with Gasteiger partial charge >= 0.3 is 0 Å². The molecule has 2 rings (SSSR count). The number of carbonyl (C=O) groups excluding carboxylic acids is 1. The number of benzene rings is 1. The summed E-state index contributed by atoms with van der Waals surface area (Å²) < 4.78 is 10.1. The molecule has 6 heteroatoms. The smallest absolute Gasteiger partial charge is 0.253 e. The van der Waals surface area contributed by atoms with Crippen molar-refractivity contribution in [2.24, 2.45) is 0 Å². The highest BCUT2D eigenvalue weighted by Gasteiger charge is 2.06. The number of methoxy groups -OCH3 is 2. The Hall–Kier alpha value is -2.60. The Morgan fingerprint density at radius 2 is 1.92 bits per heavy atom. The second kappa shape index (κ2) is 9.52. The number of hydrogen-bond acceptors (Lipinski definition) is 5. The molecular weight excluding hydrogens is 306 g/mol. The molecule has 0 unspecified atom stereocenters. The van der Waals surface area contributed by atoms with Crippen LogP contribution in [0.2, 0.25) is 0 Å². The molecule has 0 spiro atoms. The number of amides is 1. The molecule has 1 amide bonds. The molecule has 1 aromatic carbocycles. The van der Waals surface area contributed by atoms with Gasteiger partial charge in [0.2, 0.25) is 0 Å². The zero-order valence-electron chi connectivity index (χ0n) is 14.0. The van der Waals surface area contributed by atoms with E-state index in [1.165, 1.54) is 5.56 Å². The topological polar surface area (TPSA) is 72.5 Å². The highest BCUT2D eigenvalue weighted by Crippen LogP contribution is 2.12. The minimum absolute atomic E-state index is 0.154. The van der Waals surface area contributed by atoms with Crippen LogP contribution in [-0.2, 0) is 11.2 Å². The number of pyridine rings is 1. The Kier molecular flexibility index (Phi) is 7.04. The molecule has 0 bridgehead atoms. The van der Waals surface area contributed by atoms with Crippen LogP contribution in [0.4, 0.5) is 5.69 Å². The van der Waals surface area contributed by atoms with Crippen LogP contribution in [-0.4, -0.2) is 44.8 Å². The lowest BCUT2D eigenvalue weighted by Gasteiger charge is -2.09. The molecule has 0 fully saturated rings. The third kappa shape index (κ3) is 5.55. The van der Waals surface area contributed by atoms with E-state index in [9.17, 15) is 4.79 Å². The number of rotatable bonds is 9. The van der Waals surface area contributed by atoms with E-state index in [1.54, 1.807) is 32.7 Å². The minimum Gasteiger partial charge on any atom is -0.497 e. The third-order valence-corrected chi connectivity index (χ3v) is 3.49. The lowest BCUT2D eigenvalue weighted by atomic mass is 10.1. The van der Waals surface area contributed by atoms with Crippen molar-refractivity contribution in [2.75, 3.05) is 39.2 Å². The van der Waals surface area contributed by atoms with Crippen LogP contribution in [0.15, 0.2) is 42.7 Å². The van der Waals surface area contributed by atoms with E-state index in [0.29, 0.717) is 18.7 Å². The first-order chi connectivity index (χ1) is 11.7. The van der Waals surface area contributed by atoms with Crippen LogP contribution in [0.1, 0.15) is 15.9 Å². The minimum atomic E-state index is -0.154. The van der Waals surface area contributed by atoms with Crippen molar-refractivity contribution in [2.45, 2.75) is 6.42 Å². The van der Waals surface area contributed by atoms with E-state index in [4.69, 9.17) is 9.47 Å². The third-order valence-electron chi connectivity index (χ3n) is 3.49. The molecule has 0 aliphatic rings. The van der Waals surface area contributed by atoms with Crippen LogP contribution in [0.25, 0.3) is 0 Å². The molecule has 0 saturated carbocycles. The van der Waals surface area contributed by atoms with Crippen molar-refractivity contribution in [1.82, 2.24) is 10.3 Å². The number of ether oxygens (including phenoxy) is 2. The molecule has 1 aromatic heterocycles. The molecule has 24 heavy (non-hydrogen) atoms. The molecule has 0 radical (unpaired) electrons. The van der Waals surface area contributed by atoms with E-state index in [-0.39, 0.29) is 5.91 Å². The summed E-state index contributed by atoms with van der Waals surface area (Å²) in [5, 5.41) is 6.06. The number of nitrogens with zero attached hydrogens (tertiary/aromatic N) is 1. The van der Waals surface area contributed by atoms with Crippen LogP contribution >= 0.6 is 0 Å². The Labute approximate surface area is 142 Å². The van der Waals surface area contributed by atoms with Gasteiger partial charge < -0.3 is 20.1 Å². The van der Waals surface area contributed by atoms with Crippen molar-refractivity contribution < 1.29 is 14.3 Å². The molecular formula is C18H23N3O3. The highest BCUT2D eigenvalue weighted by atomic mass is 16.5. The van der Waals surface area contributed by atoms with Gasteiger partial charge in [0.05, 0.1) is 25.0 Å². The Morgan fingerprint density at radius 3 is 2.62 bits per heavy atom. The van der Waals surface area contributed by atoms with E-state index in [1.807, 2.05) is 24.3 Å². The molecule has 128 valence electrons. The van der Waals surface area contributed by atoms with Gasteiger partial charge in [-0.2, -0.15) is 0 Å². The largest absolute Gasteiger partial charge is 0.497 e. The molecule has 0 aliphatic heterocycles. The Balaban J connectivity index is 1.83. The summed E-state index contributed by atoms with van der Waals surface area (Å²) in [6, 6.07) is 9.77. The quantitative estimate of drug-likeness (QED) is 0.690. The molecule has 0 aliphatic carbocycles. The fourth-order valence-corrected chi connectivity index (χ4v) is 2.17. The summed E-state index contributed by atoms with van der Waals surface area (Å²) in [5.74, 6) is 0.696. The molecule has 2 aromatic rings. The van der Waals surface area contributed by atoms with Gasteiger partial charge in [-0.15, -0.1) is 0 Å². The zero-order valence-corrected chi connectivity index (χ0v) is 14.0. The van der Waals surface area contributed by atoms with Gasteiger partial charge in [0.15, 0.2) is 0 Å². The highest BCUT2D eigenvalue weighted by molar-refractivity contribution is 5.94. The van der Waals surface area contributed by atoms with Gasteiger partial charge in [-0.05, 0) is 30.2 Å². The van der Waals surface area contributed by atoms with Gasteiger partial charge in [-0.3, -0.25) is 9.78 Å². The summed E-state index contributed by atoms with van der Waals surface area (Å²) in [6.45, 7) is 1.71. The number of carbonyl (C=O) groups is 1. The normalized spacial score (nSPS) is 10.2. The fourth-order valence-electron chi connectivity index (χ4n) is 2.17. The molecule has 2 N–H and O–H groups in total. The van der Waals surface area contributed by atoms with Crippen molar-refractivity contribution in [1.29, 1.82) is 0 Å². The maximum atomic E-state index is 12.0. The first kappa shape index (κ1) is 17.7. The van der Waals surface area contributed by atoms with E-state index in [0.717, 1.165) is 24.4 Å². The van der Waals surface area contributed by atoms with Gasteiger partial charge in [-0.1, -0.05) is 12.1 Å². The van der Waals surface area contributed by atoms with Gasteiger partial charge in [-0.25, -0.2) is 0 Å². The lowest BCUT2D eigenvalue weighted by Crippen LogP contribution is -2.27. The zero-order chi connectivity index (χ0) is 17.2. The molecule has 1 heterocycles. The van der Waals surface area contributed by atoms with Gasteiger partial charge in [0.1, 0.15) is 5.75 Å². The Morgan fingerprint density at radius 1 is 1.12 bits per heavy atom. The predicted molar refractivity (Wildman–Crippen MR) is 93.6 cm³/mol. The summed E-state index contributed by atoms with van der Waals surface area (Å²) >= 11 is 0. The van der Waals surface area contributed by atoms with Crippen LogP contribution in [0, 0.1) is 0 Å². The maximum absolute atomic E-state index is 12.0.